The van der Waals surface area contributed by atoms with E-state index in [2.05, 4.69) is 15.3 Å². The fraction of sp³-hybridized carbons (Fsp3) is 0.174. The van der Waals surface area contributed by atoms with Gasteiger partial charge in [-0.2, -0.15) is 0 Å². The fourth-order valence-corrected chi connectivity index (χ4v) is 4.12. The number of ether oxygens (including phenoxy) is 1. The monoisotopic (exact) mass is 490 g/mol. The van der Waals surface area contributed by atoms with Crippen LogP contribution in [0.5, 0.6) is 0 Å². The molecule has 1 aliphatic carbocycles. The Hall–Kier alpha value is -2.27. The molecule has 4 rings (SSSR count). The summed E-state index contributed by atoms with van der Waals surface area (Å²) in [5, 5.41) is 5.85. The van der Waals surface area contributed by atoms with Gasteiger partial charge in [-0.1, -0.05) is 65.8 Å². The summed E-state index contributed by atoms with van der Waals surface area (Å²) < 4.78 is 45.2. The van der Waals surface area contributed by atoms with Crippen LogP contribution >= 0.6 is 0 Å². The summed E-state index contributed by atoms with van der Waals surface area (Å²) in [5.74, 6) is -0.127. The minimum Gasteiger partial charge on any atom is -0.449 e. The Morgan fingerprint density at radius 1 is 1.09 bits per heavy atom. The van der Waals surface area contributed by atoms with Crippen molar-refractivity contribution in [1.82, 2.24) is 5.32 Å². The number of nitrogens with one attached hydrogen (secondary N) is 1. The first-order valence-electron chi connectivity index (χ1n) is 10.3. The van der Waals surface area contributed by atoms with Crippen LogP contribution in [0.3, 0.4) is 0 Å². The predicted octanol–water partition coefficient (Wildman–Crippen LogP) is 3.03. The number of rotatable bonds is 6. The van der Waals surface area contributed by atoms with Gasteiger partial charge in [0, 0.05) is 23.1 Å². The molecule has 0 fully saturated rings. The molecule has 3 aromatic rings. The van der Waals surface area contributed by atoms with Crippen molar-refractivity contribution in [3.8, 4) is 11.1 Å². The third-order valence-corrected chi connectivity index (χ3v) is 5.81. The van der Waals surface area contributed by atoms with Crippen molar-refractivity contribution in [3.05, 3.63) is 93.4 Å². The van der Waals surface area contributed by atoms with Gasteiger partial charge in [0.25, 0.3) is 0 Å². The van der Waals surface area contributed by atoms with Gasteiger partial charge >= 0.3 is 64.5 Å². The molecule has 1 amide bonds. The standard InChI is InChI=1S/C23H19BF3N4O2.K/c1-14-15(10-16(24(25,26)27)11-22(14)30-31-28)12-29-23(32)33-13-21-19-8-4-2-6-17(19)18-7-3-5-9-20(18)21;/h2-11,21H,12-13H2,1H3,(H,29,32);/q-1;+1. The number of hydrogen-bond donors (Lipinski definition) is 1. The smallest absolute Gasteiger partial charge is 0.449 e. The zero-order valence-corrected chi connectivity index (χ0v) is 21.8. The molecule has 0 unspecified atom stereocenters. The van der Waals surface area contributed by atoms with Gasteiger partial charge in [-0.15, -0.1) is 5.46 Å². The first-order chi connectivity index (χ1) is 15.8. The number of nitrogens with zero attached hydrogens (tertiary/aromatic N) is 3. The Morgan fingerprint density at radius 3 is 2.24 bits per heavy atom. The van der Waals surface area contributed by atoms with Crippen LogP contribution in [0.25, 0.3) is 21.6 Å². The molecule has 0 aromatic heterocycles. The van der Waals surface area contributed by atoms with Crippen LogP contribution in [0.15, 0.2) is 65.8 Å². The molecule has 168 valence electrons. The van der Waals surface area contributed by atoms with Crippen LogP contribution in [0, 0.1) is 6.92 Å². The second kappa shape index (κ2) is 11.0. The van der Waals surface area contributed by atoms with E-state index in [1.165, 1.54) is 6.92 Å². The fourth-order valence-electron chi connectivity index (χ4n) is 4.12. The number of alkyl carbamates (subject to hydrolysis) is 1. The Kier molecular flexibility index (Phi) is 8.51. The van der Waals surface area contributed by atoms with Gasteiger partial charge in [0.15, 0.2) is 0 Å². The predicted molar refractivity (Wildman–Crippen MR) is 121 cm³/mol. The molecule has 0 atom stereocenters. The molecule has 3 aromatic carbocycles. The van der Waals surface area contributed by atoms with Crippen LogP contribution < -0.4 is 62.2 Å². The molecule has 1 N–H and O–H groups in total. The summed E-state index contributed by atoms with van der Waals surface area (Å²) in [7, 11) is 0. The number of benzene rings is 3. The zero-order valence-electron chi connectivity index (χ0n) is 18.6. The normalized spacial score (nSPS) is 12.1. The van der Waals surface area contributed by atoms with Crippen molar-refractivity contribution in [2.45, 2.75) is 19.4 Å². The van der Waals surface area contributed by atoms with Crippen molar-refractivity contribution >= 4 is 24.2 Å². The molecule has 6 nitrogen and oxygen atoms in total. The number of amides is 1. The molecule has 0 bridgehead atoms. The number of hydrogen-bond acceptors (Lipinski definition) is 3. The average molecular weight is 490 g/mol. The maximum absolute atomic E-state index is 13.3. The third kappa shape index (κ3) is 5.51. The van der Waals surface area contributed by atoms with E-state index in [4.69, 9.17) is 10.3 Å². The van der Waals surface area contributed by atoms with Crippen LogP contribution in [0.4, 0.5) is 23.4 Å². The minimum atomic E-state index is -5.30. The summed E-state index contributed by atoms with van der Waals surface area (Å²) in [6, 6.07) is 17.6. The van der Waals surface area contributed by atoms with Crippen molar-refractivity contribution in [3.63, 3.8) is 0 Å². The number of carbonyl (C=O) groups excluding carboxylic acids is 1. The SMILES string of the molecule is Cc1c(CNC(=O)OCC2c3ccccc3-c3ccccc32)cc([B-](F)(F)F)cc1N=[N+]=[N-].[K+]. The largest absolute Gasteiger partial charge is 1.00 e. The first kappa shape index (κ1) is 26.3. The summed E-state index contributed by atoms with van der Waals surface area (Å²) in [6.07, 6.45) is -0.746. The second-order valence-corrected chi connectivity index (χ2v) is 7.77. The molecule has 0 saturated carbocycles. The van der Waals surface area contributed by atoms with Gasteiger partial charge in [0.1, 0.15) is 6.61 Å². The van der Waals surface area contributed by atoms with Gasteiger partial charge < -0.3 is 23.0 Å². The molecule has 0 radical (unpaired) electrons. The van der Waals surface area contributed by atoms with E-state index < -0.39 is 18.5 Å². The molecular formula is C23H19BF3KN4O2. The molecule has 1 aliphatic rings. The van der Waals surface area contributed by atoms with Gasteiger partial charge in [-0.25, -0.2) is 4.79 Å². The average Bonchev–Trinajstić information content (AvgIpc) is 3.11. The maximum Gasteiger partial charge on any atom is 1.00 e. The van der Waals surface area contributed by atoms with Gasteiger partial charge in [-0.3, -0.25) is 0 Å². The van der Waals surface area contributed by atoms with Crippen molar-refractivity contribution < 1.29 is 73.9 Å². The van der Waals surface area contributed by atoms with Crippen LogP contribution in [0.1, 0.15) is 28.2 Å². The van der Waals surface area contributed by atoms with Gasteiger partial charge in [0.2, 0.25) is 0 Å². The zero-order chi connectivity index (χ0) is 23.6. The number of halogens is 3. The molecular weight excluding hydrogens is 471 g/mol. The van der Waals surface area contributed by atoms with E-state index in [0.29, 0.717) is 5.56 Å². The molecule has 34 heavy (non-hydrogen) atoms. The van der Waals surface area contributed by atoms with Gasteiger partial charge in [0.05, 0.1) is 0 Å². The van der Waals surface area contributed by atoms with Crippen molar-refractivity contribution in [2.75, 3.05) is 6.61 Å². The molecule has 11 heteroatoms. The topological polar surface area (TPSA) is 87.1 Å². The summed E-state index contributed by atoms with van der Waals surface area (Å²) in [4.78, 5) is 15.0. The maximum atomic E-state index is 13.3. The third-order valence-electron chi connectivity index (χ3n) is 5.81. The van der Waals surface area contributed by atoms with E-state index in [-0.39, 0.29) is 81.7 Å². The first-order valence-corrected chi connectivity index (χ1v) is 10.3. The van der Waals surface area contributed by atoms with Crippen molar-refractivity contribution in [1.29, 1.82) is 0 Å². The van der Waals surface area contributed by atoms with Crippen LogP contribution in [-0.2, 0) is 11.3 Å². The number of fused-ring (bicyclic) bond motifs is 3. The summed E-state index contributed by atoms with van der Waals surface area (Å²) >= 11 is 0. The van der Waals surface area contributed by atoms with Crippen LogP contribution in [0.2, 0.25) is 0 Å². The Bertz CT molecular complexity index is 1230. The van der Waals surface area contributed by atoms with E-state index >= 15 is 0 Å². The van der Waals surface area contributed by atoms with E-state index in [1.807, 2.05) is 48.5 Å². The second-order valence-electron chi connectivity index (χ2n) is 7.77. The quantitative estimate of drug-likeness (QED) is 0.249. The number of azide groups is 1. The summed E-state index contributed by atoms with van der Waals surface area (Å²) in [5.41, 5.74) is 12.5. The minimum absolute atomic E-state index is 0. The van der Waals surface area contributed by atoms with E-state index in [0.717, 1.165) is 34.4 Å². The van der Waals surface area contributed by atoms with Crippen LogP contribution in [-0.4, -0.2) is 19.7 Å². The van der Waals surface area contributed by atoms with Crippen molar-refractivity contribution in [2.24, 2.45) is 5.11 Å². The Balaban J connectivity index is 0.00000324. The Morgan fingerprint density at radius 2 is 1.68 bits per heavy atom. The Labute approximate surface area is 237 Å². The van der Waals surface area contributed by atoms with E-state index in [1.54, 1.807) is 0 Å². The summed E-state index contributed by atoms with van der Waals surface area (Å²) in [6.45, 7) is -3.87. The van der Waals surface area contributed by atoms with Gasteiger partial charge in [-0.05, 0) is 45.8 Å². The molecule has 0 saturated heterocycles. The van der Waals surface area contributed by atoms with E-state index in [9.17, 15) is 17.7 Å². The number of carbonyl (C=O) groups is 1. The molecule has 0 aliphatic heterocycles. The molecule has 0 heterocycles. The molecule has 0 spiro atoms.